The van der Waals surface area contributed by atoms with Crippen LogP contribution in [-0.2, 0) is 9.47 Å². The van der Waals surface area contributed by atoms with Gasteiger partial charge in [-0.05, 0) is 49.4 Å². The predicted molar refractivity (Wildman–Crippen MR) is 120 cm³/mol. The molecular weight excluding hydrogens is 408 g/mol. The molecule has 4 rings (SSSR count). The van der Waals surface area contributed by atoms with Crippen LogP contribution in [0.15, 0.2) is 48.5 Å². The van der Waals surface area contributed by atoms with Crippen molar-refractivity contribution in [2.24, 2.45) is 0 Å². The Bertz CT molecular complexity index is 954. The number of rotatable bonds is 4. The first-order chi connectivity index (χ1) is 15.3. The molecule has 1 saturated heterocycles. The smallest absolute Gasteiger partial charge is 0.410 e. The number of nitrogens with one attached hydrogen (secondary N) is 1. The fraction of sp³-hybridized carbons (Fsp3) is 0.440. The van der Waals surface area contributed by atoms with Crippen LogP contribution in [0.25, 0.3) is 11.1 Å². The fourth-order valence-electron chi connectivity index (χ4n) is 4.57. The molecule has 7 nitrogen and oxygen atoms in total. The Morgan fingerprint density at radius 2 is 1.66 bits per heavy atom. The second kappa shape index (κ2) is 8.82. The third-order valence-corrected chi connectivity index (χ3v) is 5.92. The molecule has 2 amide bonds. The summed E-state index contributed by atoms with van der Waals surface area (Å²) in [5.41, 5.74) is 4.02. The number of amides is 2. The lowest BCUT2D eigenvalue weighted by Gasteiger charge is -2.24. The lowest BCUT2D eigenvalue weighted by Crippen LogP contribution is -2.42. The zero-order chi connectivity index (χ0) is 22.9. The van der Waals surface area contributed by atoms with Crippen molar-refractivity contribution in [2.45, 2.75) is 50.8 Å². The highest BCUT2D eigenvalue weighted by Gasteiger charge is 2.38. The minimum Gasteiger partial charge on any atom is -0.448 e. The van der Waals surface area contributed by atoms with Crippen LogP contribution in [-0.4, -0.2) is 59.6 Å². The lowest BCUT2D eigenvalue weighted by molar-refractivity contribution is 0.0503. The highest BCUT2D eigenvalue weighted by atomic mass is 16.6. The molecule has 1 aliphatic heterocycles. The van der Waals surface area contributed by atoms with Crippen LogP contribution in [0.2, 0.25) is 0 Å². The Hall–Kier alpha value is -3.06. The van der Waals surface area contributed by atoms with Crippen molar-refractivity contribution in [3.63, 3.8) is 0 Å². The van der Waals surface area contributed by atoms with Crippen molar-refractivity contribution >= 4 is 12.2 Å². The predicted octanol–water partition coefficient (Wildman–Crippen LogP) is 3.90. The number of hydrogen-bond acceptors (Lipinski definition) is 5. The van der Waals surface area contributed by atoms with Gasteiger partial charge in [0, 0.05) is 12.5 Å². The van der Waals surface area contributed by atoms with E-state index in [1.54, 1.807) is 20.8 Å². The Labute approximate surface area is 188 Å². The van der Waals surface area contributed by atoms with Crippen LogP contribution in [0, 0.1) is 0 Å². The molecule has 0 radical (unpaired) electrons. The molecule has 2 aromatic carbocycles. The zero-order valence-corrected chi connectivity index (χ0v) is 18.7. The molecule has 2 aromatic rings. The van der Waals surface area contributed by atoms with E-state index >= 15 is 0 Å². The first-order valence-electron chi connectivity index (χ1n) is 11.0. The van der Waals surface area contributed by atoms with Crippen molar-refractivity contribution in [3.05, 3.63) is 59.7 Å². The fourth-order valence-corrected chi connectivity index (χ4v) is 4.57. The molecule has 1 aliphatic carbocycles. The summed E-state index contributed by atoms with van der Waals surface area (Å²) < 4.78 is 11.0. The highest BCUT2D eigenvalue weighted by Crippen LogP contribution is 2.44. The molecule has 170 valence electrons. The molecule has 0 aromatic heterocycles. The van der Waals surface area contributed by atoms with E-state index in [0.29, 0.717) is 6.42 Å². The van der Waals surface area contributed by atoms with Crippen LogP contribution >= 0.6 is 0 Å². The van der Waals surface area contributed by atoms with Crippen LogP contribution in [0.5, 0.6) is 0 Å². The van der Waals surface area contributed by atoms with Gasteiger partial charge in [-0.25, -0.2) is 9.59 Å². The maximum absolute atomic E-state index is 12.9. The standard InChI is InChI=1S/C25H30N2O5/c1-25(2,3)32-23(29)26-16-12-17(14-28)27(13-16)24(30)31-15-22-20-10-6-4-8-18(20)19-9-5-7-11-21(19)22/h4-11,16-17,22,28H,12-15H2,1-3H3,(H,26,29)/t16-,17+/m1/s1. The van der Waals surface area contributed by atoms with E-state index < -0.39 is 23.8 Å². The molecule has 0 spiro atoms. The van der Waals surface area contributed by atoms with Crippen LogP contribution < -0.4 is 5.32 Å². The van der Waals surface area contributed by atoms with Crippen molar-refractivity contribution in [3.8, 4) is 11.1 Å². The normalized spacial score (nSPS) is 19.9. The topological polar surface area (TPSA) is 88.1 Å². The Kier molecular flexibility index (Phi) is 6.11. The highest BCUT2D eigenvalue weighted by molar-refractivity contribution is 5.79. The number of ether oxygens (including phenoxy) is 2. The Balaban J connectivity index is 1.40. The van der Waals surface area contributed by atoms with Crippen LogP contribution in [0.1, 0.15) is 44.2 Å². The second-order valence-electron chi connectivity index (χ2n) is 9.37. The molecule has 2 atom stereocenters. The lowest BCUT2D eigenvalue weighted by atomic mass is 9.98. The largest absolute Gasteiger partial charge is 0.448 e. The zero-order valence-electron chi connectivity index (χ0n) is 18.7. The average Bonchev–Trinajstić information content (AvgIpc) is 3.29. The molecule has 0 unspecified atom stereocenters. The number of carbonyl (C=O) groups excluding carboxylic acids is 2. The van der Waals surface area contributed by atoms with Crippen LogP contribution in [0.4, 0.5) is 9.59 Å². The third kappa shape index (κ3) is 4.58. The van der Waals surface area contributed by atoms with Gasteiger partial charge in [0.1, 0.15) is 12.2 Å². The Morgan fingerprint density at radius 3 is 2.22 bits per heavy atom. The number of aliphatic hydroxyl groups is 1. The molecule has 2 aliphatic rings. The van der Waals surface area contributed by atoms with E-state index in [4.69, 9.17) is 9.47 Å². The monoisotopic (exact) mass is 438 g/mol. The van der Waals surface area contributed by atoms with Gasteiger partial charge in [0.15, 0.2) is 0 Å². The van der Waals surface area contributed by atoms with E-state index in [0.717, 1.165) is 11.1 Å². The van der Waals surface area contributed by atoms with Gasteiger partial charge >= 0.3 is 12.2 Å². The van der Waals surface area contributed by atoms with Gasteiger partial charge < -0.3 is 24.8 Å². The molecule has 0 bridgehead atoms. The van der Waals surface area contributed by atoms with Gasteiger partial charge in [0.25, 0.3) is 0 Å². The Morgan fingerprint density at radius 1 is 1.06 bits per heavy atom. The summed E-state index contributed by atoms with van der Waals surface area (Å²) in [6.45, 7) is 5.66. The van der Waals surface area contributed by atoms with Gasteiger partial charge in [-0.2, -0.15) is 0 Å². The number of hydrogen-bond donors (Lipinski definition) is 2. The maximum Gasteiger partial charge on any atom is 0.410 e. The van der Waals surface area contributed by atoms with Gasteiger partial charge in [0.05, 0.1) is 18.7 Å². The van der Waals surface area contributed by atoms with E-state index in [-0.39, 0.29) is 31.7 Å². The molecule has 7 heteroatoms. The number of carbonyl (C=O) groups is 2. The minimum atomic E-state index is -0.606. The first-order valence-corrected chi connectivity index (χ1v) is 11.0. The van der Waals surface area contributed by atoms with E-state index in [1.165, 1.54) is 16.0 Å². The van der Waals surface area contributed by atoms with Crippen molar-refractivity contribution in [1.29, 1.82) is 0 Å². The van der Waals surface area contributed by atoms with E-state index in [9.17, 15) is 14.7 Å². The molecule has 0 saturated carbocycles. The molecule has 1 heterocycles. The summed E-state index contributed by atoms with van der Waals surface area (Å²) in [7, 11) is 0. The maximum atomic E-state index is 12.9. The van der Waals surface area contributed by atoms with E-state index in [1.807, 2.05) is 24.3 Å². The molecule has 32 heavy (non-hydrogen) atoms. The summed E-state index contributed by atoms with van der Waals surface area (Å²) in [5.74, 6) is -0.0304. The molecule has 1 fully saturated rings. The summed E-state index contributed by atoms with van der Waals surface area (Å²) in [6.07, 6.45) is -0.576. The summed E-state index contributed by atoms with van der Waals surface area (Å²) in [5, 5.41) is 12.6. The van der Waals surface area contributed by atoms with Crippen LogP contribution in [0.3, 0.4) is 0 Å². The second-order valence-corrected chi connectivity index (χ2v) is 9.37. The van der Waals surface area contributed by atoms with Gasteiger partial charge in [-0.1, -0.05) is 48.5 Å². The van der Waals surface area contributed by atoms with Gasteiger partial charge in [-0.15, -0.1) is 0 Å². The molecule has 2 N–H and O–H groups in total. The quantitative estimate of drug-likeness (QED) is 0.756. The van der Waals surface area contributed by atoms with Crippen molar-refractivity contribution in [2.75, 3.05) is 19.8 Å². The number of likely N-dealkylation sites (tertiary alicyclic amines) is 1. The number of alkyl carbamates (subject to hydrolysis) is 1. The number of aliphatic hydroxyl groups excluding tert-OH is 1. The molecular formula is C25H30N2O5. The SMILES string of the molecule is CC(C)(C)OC(=O)N[C@@H]1C[C@@H](CO)N(C(=O)OCC2c3ccccc3-c3ccccc32)C1. The minimum absolute atomic E-state index is 0.0304. The summed E-state index contributed by atoms with van der Waals surface area (Å²) in [6, 6.07) is 15.6. The van der Waals surface area contributed by atoms with Gasteiger partial charge in [0.2, 0.25) is 0 Å². The first kappa shape index (κ1) is 22.1. The summed E-state index contributed by atoms with van der Waals surface area (Å²) in [4.78, 5) is 26.5. The number of fused-ring (bicyclic) bond motifs is 3. The van der Waals surface area contributed by atoms with Gasteiger partial charge in [-0.3, -0.25) is 0 Å². The van der Waals surface area contributed by atoms with Crippen molar-refractivity contribution in [1.82, 2.24) is 10.2 Å². The van der Waals surface area contributed by atoms with Crippen molar-refractivity contribution < 1.29 is 24.2 Å². The number of benzene rings is 2. The number of nitrogens with zero attached hydrogens (tertiary/aromatic N) is 1. The third-order valence-electron chi connectivity index (χ3n) is 5.92. The average molecular weight is 439 g/mol. The summed E-state index contributed by atoms with van der Waals surface area (Å²) >= 11 is 0. The van der Waals surface area contributed by atoms with E-state index in [2.05, 4.69) is 29.6 Å².